The van der Waals surface area contributed by atoms with Crippen LogP contribution in [0, 0.1) is 11.8 Å². The van der Waals surface area contributed by atoms with Gasteiger partial charge in [-0.15, -0.1) is 0 Å². The molecule has 1 aliphatic rings. The van der Waals surface area contributed by atoms with E-state index in [-0.39, 0.29) is 11.8 Å². The lowest BCUT2D eigenvalue weighted by atomic mass is 10.0. The molecule has 1 heterocycles. The van der Waals surface area contributed by atoms with Crippen LogP contribution >= 0.6 is 0 Å². The van der Waals surface area contributed by atoms with Crippen molar-refractivity contribution >= 4 is 5.91 Å². The van der Waals surface area contributed by atoms with Crippen molar-refractivity contribution in [2.24, 2.45) is 17.6 Å². The summed E-state index contributed by atoms with van der Waals surface area (Å²) >= 11 is 0. The van der Waals surface area contributed by atoms with E-state index in [1.807, 2.05) is 7.05 Å². The van der Waals surface area contributed by atoms with Gasteiger partial charge < -0.3 is 15.4 Å². The van der Waals surface area contributed by atoms with Gasteiger partial charge in [0.2, 0.25) is 5.91 Å². The van der Waals surface area contributed by atoms with Crippen molar-refractivity contribution < 1.29 is 9.53 Å². The first-order valence-electron chi connectivity index (χ1n) is 5.68. The molecule has 15 heavy (non-hydrogen) atoms. The molecule has 88 valence electrons. The average Bonchev–Trinajstić information content (AvgIpc) is 2.29. The number of nitrogens with zero attached hydrogens (tertiary/aromatic N) is 1. The molecule has 0 aromatic carbocycles. The van der Waals surface area contributed by atoms with Crippen LogP contribution in [0.15, 0.2) is 0 Å². The smallest absolute Gasteiger partial charge is 0.227 e. The molecule has 1 rings (SSSR count). The van der Waals surface area contributed by atoms with Crippen LogP contribution in [0.25, 0.3) is 0 Å². The van der Waals surface area contributed by atoms with Crippen LogP contribution in [-0.2, 0) is 9.53 Å². The van der Waals surface area contributed by atoms with E-state index in [2.05, 4.69) is 6.92 Å². The van der Waals surface area contributed by atoms with E-state index in [4.69, 9.17) is 10.5 Å². The van der Waals surface area contributed by atoms with Gasteiger partial charge in [0.1, 0.15) is 0 Å². The highest BCUT2D eigenvalue weighted by molar-refractivity contribution is 5.78. The summed E-state index contributed by atoms with van der Waals surface area (Å²) in [5.41, 5.74) is 5.54. The maximum absolute atomic E-state index is 12.0. The molecule has 0 radical (unpaired) electrons. The van der Waals surface area contributed by atoms with E-state index in [9.17, 15) is 4.79 Å². The molecular formula is C11H22N2O2. The van der Waals surface area contributed by atoms with Crippen LogP contribution in [0.3, 0.4) is 0 Å². The topological polar surface area (TPSA) is 55.6 Å². The van der Waals surface area contributed by atoms with E-state index in [0.717, 1.165) is 26.0 Å². The summed E-state index contributed by atoms with van der Waals surface area (Å²) < 4.78 is 5.31. The van der Waals surface area contributed by atoms with Gasteiger partial charge in [0, 0.05) is 20.2 Å². The Kier molecular flexibility index (Phi) is 5.05. The number of carbonyl (C=O) groups is 1. The third-order valence-corrected chi connectivity index (χ3v) is 2.87. The minimum absolute atomic E-state index is 0.0636. The molecule has 1 amide bonds. The van der Waals surface area contributed by atoms with Gasteiger partial charge >= 0.3 is 0 Å². The molecule has 0 aromatic heterocycles. The zero-order chi connectivity index (χ0) is 11.3. The van der Waals surface area contributed by atoms with Gasteiger partial charge in [-0.3, -0.25) is 4.79 Å². The van der Waals surface area contributed by atoms with Crippen molar-refractivity contribution in [2.45, 2.75) is 19.8 Å². The van der Waals surface area contributed by atoms with Crippen LogP contribution in [-0.4, -0.2) is 44.2 Å². The fourth-order valence-corrected chi connectivity index (χ4v) is 1.88. The third-order valence-electron chi connectivity index (χ3n) is 2.87. The second kappa shape index (κ2) is 6.08. The van der Waals surface area contributed by atoms with Crippen LogP contribution in [0.4, 0.5) is 0 Å². The lowest BCUT2D eigenvalue weighted by Crippen LogP contribution is -2.40. The van der Waals surface area contributed by atoms with Crippen LogP contribution in [0.5, 0.6) is 0 Å². The highest BCUT2D eigenvalue weighted by Gasteiger charge is 2.24. The second-order valence-corrected chi connectivity index (χ2v) is 4.47. The Morgan fingerprint density at radius 3 is 2.93 bits per heavy atom. The summed E-state index contributed by atoms with van der Waals surface area (Å²) in [5.74, 6) is 0.632. The molecule has 0 bridgehead atoms. The SMILES string of the molecule is CC(CN)CN(C)C(=O)C1CCCOC1. The highest BCUT2D eigenvalue weighted by Crippen LogP contribution is 2.16. The lowest BCUT2D eigenvalue weighted by molar-refractivity contribution is -0.138. The van der Waals surface area contributed by atoms with Gasteiger partial charge in [-0.25, -0.2) is 0 Å². The van der Waals surface area contributed by atoms with E-state index >= 15 is 0 Å². The minimum Gasteiger partial charge on any atom is -0.381 e. The molecule has 2 unspecified atom stereocenters. The number of nitrogens with two attached hydrogens (primary N) is 1. The summed E-state index contributed by atoms with van der Waals surface area (Å²) in [5, 5.41) is 0. The van der Waals surface area contributed by atoms with E-state index in [0.29, 0.717) is 19.1 Å². The summed E-state index contributed by atoms with van der Waals surface area (Å²) in [7, 11) is 1.85. The van der Waals surface area contributed by atoms with E-state index < -0.39 is 0 Å². The largest absolute Gasteiger partial charge is 0.381 e. The van der Waals surface area contributed by atoms with Gasteiger partial charge in [-0.05, 0) is 25.3 Å². The fraction of sp³-hybridized carbons (Fsp3) is 0.909. The maximum atomic E-state index is 12.0. The predicted octanol–water partition coefficient (Wildman–Crippen LogP) is 0.466. The first kappa shape index (κ1) is 12.5. The molecule has 4 heteroatoms. The molecule has 0 spiro atoms. The molecule has 1 fully saturated rings. The van der Waals surface area contributed by atoms with E-state index in [1.54, 1.807) is 4.90 Å². The number of rotatable bonds is 4. The summed E-state index contributed by atoms with van der Waals surface area (Å²) in [6.45, 7) is 4.80. The molecule has 0 aliphatic carbocycles. The van der Waals surface area contributed by atoms with Gasteiger partial charge in [0.05, 0.1) is 12.5 Å². The van der Waals surface area contributed by atoms with Crippen molar-refractivity contribution in [1.82, 2.24) is 4.90 Å². The van der Waals surface area contributed by atoms with Crippen LogP contribution < -0.4 is 5.73 Å². The number of amides is 1. The van der Waals surface area contributed by atoms with Gasteiger partial charge in [0.15, 0.2) is 0 Å². The monoisotopic (exact) mass is 214 g/mol. The van der Waals surface area contributed by atoms with Crippen molar-refractivity contribution in [2.75, 3.05) is 33.4 Å². The summed E-state index contributed by atoms with van der Waals surface area (Å²) in [6.07, 6.45) is 1.96. The summed E-state index contributed by atoms with van der Waals surface area (Å²) in [6, 6.07) is 0. The zero-order valence-corrected chi connectivity index (χ0v) is 9.74. The van der Waals surface area contributed by atoms with Crippen molar-refractivity contribution in [3.8, 4) is 0 Å². The molecule has 0 saturated carbocycles. The molecule has 4 nitrogen and oxygen atoms in total. The predicted molar refractivity (Wildman–Crippen MR) is 59.4 cm³/mol. The normalized spacial score (nSPS) is 23.5. The number of carbonyl (C=O) groups excluding carboxylic acids is 1. The second-order valence-electron chi connectivity index (χ2n) is 4.47. The van der Waals surface area contributed by atoms with Crippen molar-refractivity contribution in [3.63, 3.8) is 0 Å². The van der Waals surface area contributed by atoms with E-state index in [1.165, 1.54) is 0 Å². The molecule has 1 aliphatic heterocycles. The molecular weight excluding hydrogens is 192 g/mol. The Morgan fingerprint density at radius 1 is 1.67 bits per heavy atom. The quantitative estimate of drug-likeness (QED) is 0.740. The molecule has 2 atom stereocenters. The minimum atomic E-state index is 0.0636. The third kappa shape index (κ3) is 3.80. The Bertz CT molecular complexity index is 203. The van der Waals surface area contributed by atoms with Crippen LogP contribution in [0.2, 0.25) is 0 Å². The van der Waals surface area contributed by atoms with Crippen molar-refractivity contribution in [1.29, 1.82) is 0 Å². The van der Waals surface area contributed by atoms with Crippen LogP contribution in [0.1, 0.15) is 19.8 Å². The number of ether oxygens (including phenoxy) is 1. The summed E-state index contributed by atoms with van der Waals surface area (Å²) in [4.78, 5) is 13.7. The number of hydrogen-bond donors (Lipinski definition) is 1. The number of hydrogen-bond acceptors (Lipinski definition) is 3. The Balaban J connectivity index is 2.37. The average molecular weight is 214 g/mol. The van der Waals surface area contributed by atoms with Gasteiger partial charge in [-0.2, -0.15) is 0 Å². The Hall–Kier alpha value is -0.610. The first-order valence-corrected chi connectivity index (χ1v) is 5.68. The molecule has 1 saturated heterocycles. The highest BCUT2D eigenvalue weighted by atomic mass is 16.5. The Labute approximate surface area is 91.8 Å². The standard InChI is InChI=1S/C11H22N2O2/c1-9(6-12)7-13(2)11(14)10-4-3-5-15-8-10/h9-10H,3-8,12H2,1-2H3. The lowest BCUT2D eigenvalue weighted by Gasteiger charge is -2.28. The van der Waals surface area contributed by atoms with Crippen molar-refractivity contribution in [3.05, 3.63) is 0 Å². The molecule has 2 N–H and O–H groups in total. The molecule has 0 aromatic rings. The zero-order valence-electron chi connectivity index (χ0n) is 9.74. The van der Waals surface area contributed by atoms with Gasteiger partial charge in [-0.1, -0.05) is 6.92 Å². The maximum Gasteiger partial charge on any atom is 0.227 e. The van der Waals surface area contributed by atoms with Gasteiger partial charge in [0.25, 0.3) is 0 Å². The Morgan fingerprint density at radius 2 is 2.40 bits per heavy atom. The fourth-order valence-electron chi connectivity index (χ4n) is 1.88. The first-order chi connectivity index (χ1) is 7.15.